The fourth-order valence-electron chi connectivity index (χ4n) is 2.09. The van der Waals surface area contributed by atoms with Gasteiger partial charge in [0.05, 0.1) is 18.1 Å². The van der Waals surface area contributed by atoms with Crippen LogP contribution in [0.2, 0.25) is 0 Å². The number of amides is 1. The molecule has 8 nitrogen and oxygen atoms in total. The third-order valence-electron chi connectivity index (χ3n) is 3.47. The van der Waals surface area contributed by atoms with Crippen LogP contribution in [-0.4, -0.2) is 27.4 Å². The second-order valence-electron chi connectivity index (χ2n) is 5.44. The number of ether oxygens (including phenoxy) is 1. The molecule has 0 aliphatic carbocycles. The lowest BCUT2D eigenvalue weighted by Crippen LogP contribution is -2.28. The standard InChI is InChI=1S/C18H19N3O5S/c1-26-17(22)11-16(18(23)20-12-13-5-3-2-4-6-13)21-14-7-9-15(10-8-14)27(19,24)25/h2-11,21H,12H2,1H3,(H,20,23)(H2,19,24,25). The first-order valence-corrected chi connectivity index (χ1v) is 9.36. The molecular weight excluding hydrogens is 370 g/mol. The van der Waals surface area contributed by atoms with Crippen LogP contribution in [0.1, 0.15) is 5.56 Å². The molecule has 0 atom stereocenters. The molecule has 0 heterocycles. The number of carbonyl (C=O) groups excluding carboxylic acids is 2. The molecule has 0 saturated heterocycles. The van der Waals surface area contributed by atoms with Crippen molar-refractivity contribution in [1.29, 1.82) is 0 Å². The van der Waals surface area contributed by atoms with Gasteiger partial charge in [0, 0.05) is 12.2 Å². The van der Waals surface area contributed by atoms with E-state index in [9.17, 15) is 18.0 Å². The van der Waals surface area contributed by atoms with Crippen molar-refractivity contribution in [2.24, 2.45) is 5.14 Å². The maximum atomic E-state index is 12.4. The number of rotatable bonds is 7. The molecule has 2 rings (SSSR count). The summed E-state index contributed by atoms with van der Waals surface area (Å²) < 4.78 is 27.2. The van der Waals surface area contributed by atoms with Crippen molar-refractivity contribution in [3.63, 3.8) is 0 Å². The van der Waals surface area contributed by atoms with Gasteiger partial charge < -0.3 is 15.4 Å². The van der Waals surface area contributed by atoms with Gasteiger partial charge in [-0.15, -0.1) is 0 Å². The zero-order chi connectivity index (χ0) is 19.9. The Bertz CT molecular complexity index is 939. The number of hydrogen-bond donors (Lipinski definition) is 3. The van der Waals surface area contributed by atoms with Crippen LogP contribution in [0.4, 0.5) is 5.69 Å². The zero-order valence-corrected chi connectivity index (χ0v) is 15.3. The lowest BCUT2D eigenvalue weighted by atomic mass is 10.2. The summed E-state index contributed by atoms with van der Waals surface area (Å²) in [5.74, 6) is -1.24. The second-order valence-corrected chi connectivity index (χ2v) is 7.01. The summed E-state index contributed by atoms with van der Waals surface area (Å²) in [4.78, 5) is 23.9. The molecule has 0 saturated carbocycles. The van der Waals surface area contributed by atoms with E-state index in [-0.39, 0.29) is 17.1 Å². The van der Waals surface area contributed by atoms with Crippen molar-refractivity contribution in [1.82, 2.24) is 5.32 Å². The van der Waals surface area contributed by atoms with Crippen LogP contribution in [0.15, 0.2) is 71.3 Å². The number of carbonyl (C=O) groups is 2. The van der Waals surface area contributed by atoms with E-state index in [1.54, 1.807) is 0 Å². The summed E-state index contributed by atoms with van der Waals surface area (Å²) in [6.07, 6.45) is 1.01. The van der Waals surface area contributed by atoms with Crippen molar-refractivity contribution < 1.29 is 22.7 Å². The van der Waals surface area contributed by atoms with Crippen molar-refractivity contribution in [3.05, 3.63) is 71.9 Å². The van der Waals surface area contributed by atoms with E-state index >= 15 is 0 Å². The average molecular weight is 389 g/mol. The molecule has 9 heteroatoms. The van der Waals surface area contributed by atoms with Crippen LogP contribution in [0.3, 0.4) is 0 Å². The van der Waals surface area contributed by atoms with Crippen LogP contribution in [-0.2, 0) is 30.9 Å². The number of esters is 1. The van der Waals surface area contributed by atoms with Gasteiger partial charge in [-0.05, 0) is 29.8 Å². The number of benzene rings is 2. The first kappa shape index (κ1) is 20.1. The van der Waals surface area contributed by atoms with Gasteiger partial charge >= 0.3 is 5.97 Å². The van der Waals surface area contributed by atoms with Gasteiger partial charge in [-0.2, -0.15) is 0 Å². The minimum Gasteiger partial charge on any atom is -0.466 e. The summed E-state index contributed by atoms with van der Waals surface area (Å²) in [6.45, 7) is 0.268. The summed E-state index contributed by atoms with van der Waals surface area (Å²) in [5.41, 5.74) is 1.23. The van der Waals surface area contributed by atoms with E-state index in [0.29, 0.717) is 5.69 Å². The Kier molecular flexibility index (Phi) is 6.69. The van der Waals surface area contributed by atoms with Gasteiger partial charge in [0.1, 0.15) is 5.70 Å². The predicted molar refractivity (Wildman–Crippen MR) is 99.8 cm³/mol. The molecular formula is C18H19N3O5S. The van der Waals surface area contributed by atoms with Crippen LogP contribution in [0.5, 0.6) is 0 Å². The lowest BCUT2D eigenvalue weighted by molar-refractivity contribution is -0.135. The third-order valence-corrected chi connectivity index (χ3v) is 4.39. The maximum absolute atomic E-state index is 12.4. The Hall–Kier alpha value is -3.17. The van der Waals surface area contributed by atoms with E-state index in [1.807, 2.05) is 30.3 Å². The third kappa shape index (κ3) is 6.24. The highest BCUT2D eigenvalue weighted by atomic mass is 32.2. The number of hydrogen-bond acceptors (Lipinski definition) is 6. The van der Waals surface area contributed by atoms with E-state index in [4.69, 9.17) is 5.14 Å². The fourth-order valence-corrected chi connectivity index (χ4v) is 2.61. The van der Waals surface area contributed by atoms with Crippen LogP contribution < -0.4 is 15.8 Å². The van der Waals surface area contributed by atoms with Gasteiger partial charge in [-0.25, -0.2) is 18.4 Å². The normalized spacial score (nSPS) is 11.6. The van der Waals surface area contributed by atoms with Crippen molar-refractivity contribution >= 4 is 27.6 Å². The monoisotopic (exact) mass is 389 g/mol. The largest absolute Gasteiger partial charge is 0.466 e. The molecule has 0 aliphatic heterocycles. The number of nitrogens with one attached hydrogen (secondary N) is 2. The van der Waals surface area contributed by atoms with Gasteiger partial charge in [0.25, 0.3) is 5.91 Å². The first-order valence-electron chi connectivity index (χ1n) is 7.81. The number of methoxy groups -OCH3 is 1. The fraction of sp³-hybridized carbons (Fsp3) is 0.111. The minimum atomic E-state index is -3.82. The molecule has 142 valence electrons. The number of anilines is 1. The van der Waals surface area contributed by atoms with Gasteiger partial charge in [-0.1, -0.05) is 30.3 Å². The van der Waals surface area contributed by atoms with E-state index in [2.05, 4.69) is 15.4 Å². The Balaban J connectivity index is 2.15. The highest BCUT2D eigenvalue weighted by Gasteiger charge is 2.13. The molecule has 2 aromatic carbocycles. The Morgan fingerprint density at radius 1 is 1.07 bits per heavy atom. The predicted octanol–water partition coefficient (Wildman–Crippen LogP) is 1.12. The molecule has 4 N–H and O–H groups in total. The van der Waals surface area contributed by atoms with E-state index < -0.39 is 21.9 Å². The molecule has 0 radical (unpaired) electrons. The van der Waals surface area contributed by atoms with Crippen LogP contribution >= 0.6 is 0 Å². The smallest absolute Gasteiger partial charge is 0.332 e. The highest BCUT2D eigenvalue weighted by Crippen LogP contribution is 2.15. The van der Waals surface area contributed by atoms with E-state index in [0.717, 1.165) is 11.6 Å². The van der Waals surface area contributed by atoms with E-state index in [1.165, 1.54) is 31.4 Å². The zero-order valence-electron chi connectivity index (χ0n) is 14.5. The van der Waals surface area contributed by atoms with Crippen molar-refractivity contribution in [2.75, 3.05) is 12.4 Å². The van der Waals surface area contributed by atoms with Gasteiger partial charge in [-0.3, -0.25) is 4.79 Å². The van der Waals surface area contributed by atoms with Crippen LogP contribution in [0.25, 0.3) is 0 Å². The summed E-state index contributed by atoms with van der Waals surface area (Å²) >= 11 is 0. The number of sulfonamides is 1. The molecule has 0 spiro atoms. The number of nitrogens with two attached hydrogens (primary N) is 1. The summed E-state index contributed by atoms with van der Waals surface area (Å²) in [7, 11) is -2.63. The van der Waals surface area contributed by atoms with Crippen molar-refractivity contribution in [2.45, 2.75) is 11.4 Å². The molecule has 27 heavy (non-hydrogen) atoms. The average Bonchev–Trinajstić information content (AvgIpc) is 2.66. The summed E-state index contributed by atoms with van der Waals surface area (Å²) in [5, 5.41) is 10.5. The number of primary sulfonamides is 1. The quantitative estimate of drug-likeness (QED) is 0.481. The lowest BCUT2D eigenvalue weighted by Gasteiger charge is -2.12. The Morgan fingerprint density at radius 3 is 2.26 bits per heavy atom. The maximum Gasteiger partial charge on any atom is 0.332 e. The SMILES string of the molecule is COC(=O)C=C(Nc1ccc(S(N)(=O)=O)cc1)C(=O)NCc1ccccc1. The topological polar surface area (TPSA) is 128 Å². The molecule has 2 aromatic rings. The molecule has 0 fully saturated rings. The molecule has 0 aliphatic rings. The van der Waals surface area contributed by atoms with Crippen LogP contribution in [0, 0.1) is 0 Å². The minimum absolute atomic E-state index is 0.0545. The highest BCUT2D eigenvalue weighted by molar-refractivity contribution is 7.89. The Labute approximate surface area is 157 Å². The van der Waals surface area contributed by atoms with Gasteiger partial charge in [0.2, 0.25) is 10.0 Å². The first-order chi connectivity index (χ1) is 12.8. The molecule has 0 aromatic heterocycles. The Morgan fingerprint density at radius 2 is 1.70 bits per heavy atom. The van der Waals surface area contributed by atoms with Gasteiger partial charge in [0.15, 0.2) is 0 Å². The molecule has 0 unspecified atom stereocenters. The molecule has 1 amide bonds. The summed E-state index contributed by atoms with van der Waals surface area (Å²) in [6, 6.07) is 14.7. The second kappa shape index (κ2) is 8.97. The van der Waals surface area contributed by atoms with Crippen molar-refractivity contribution in [3.8, 4) is 0 Å². The molecule has 0 bridgehead atoms.